The molecule has 2 aliphatic rings. The molecule has 0 aliphatic carbocycles. The SMILES string of the molecule is CCNC(=O)c1noc(-c2cc(C(C)C)c(O)cc2O)c1-c1ccc2c(c1)C(C)N(CC)C2C.CCNC(=O)c1noc(-c2cc(C(C)C)c(O)cc2O)c1-c1ccc2c(c1)N(C)CCC2. The summed E-state index contributed by atoms with van der Waals surface area (Å²) in [7, 11) is 2.06. The molecule has 0 saturated heterocycles. The van der Waals surface area contributed by atoms with Gasteiger partial charge in [-0.05, 0) is 122 Å². The molecule has 66 heavy (non-hydrogen) atoms. The van der Waals surface area contributed by atoms with Crippen LogP contribution in [0.1, 0.15) is 141 Å². The molecule has 6 N–H and O–H groups in total. The van der Waals surface area contributed by atoms with Gasteiger partial charge in [0.1, 0.15) is 23.0 Å². The molecule has 2 amide bonds. The largest absolute Gasteiger partial charge is 0.508 e. The van der Waals surface area contributed by atoms with E-state index < -0.39 is 0 Å². The number of fused-ring (bicyclic) bond motifs is 2. The third-order valence-electron chi connectivity index (χ3n) is 12.9. The zero-order valence-electron chi connectivity index (χ0n) is 39.5. The highest BCUT2D eigenvalue weighted by Crippen LogP contribution is 2.48. The van der Waals surface area contributed by atoms with Gasteiger partial charge < -0.3 is 45.0 Å². The van der Waals surface area contributed by atoms with Gasteiger partial charge in [0, 0.05) is 56.6 Å². The number of benzene rings is 4. The van der Waals surface area contributed by atoms with Crippen LogP contribution in [0.5, 0.6) is 23.0 Å². The lowest BCUT2D eigenvalue weighted by Gasteiger charge is -2.28. The molecule has 4 heterocycles. The summed E-state index contributed by atoms with van der Waals surface area (Å²) in [6.07, 6.45) is 2.11. The Morgan fingerprint density at radius 3 is 1.65 bits per heavy atom. The van der Waals surface area contributed by atoms with Crippen LogP contribution in [-0.2, 0) is 6.42 Å². The summed E-state index contributed by atoms with van der Waals surface area (Å²) in [5, 5.41) is 55.7. The Hall–Kier alpha value is -6.80. The highest BCUT2D eigenvalue weighted by Gasteiger charge is 2.34. The first-order valence-electron chi connectivity index (χ1n) is 22.9. The Balaban J connectivity index is 0.000000197. The molecule has 6 aromatic rings. The van der Waals surface area contributed by atoms with Crippen LogP contribution in [0.25, 0.3) is 44.9 Å². The molecule has 2 unspecified atom stereocenters. The summed E-state index contributed by atoms with van der Waals surface area (Å²) < 4.78 is 11.4. The lowest BCUT2D eigenvalue weighted by Crippen LogP contribution is -2.25. The van der Waals surface area contributed by atoms with E-state index in [0.717, 1.165) is 42.7 Å². The minimum absolute atomic E-state index is 0.0151. The van der Waals surface area contributed by atoms with Gasteiger partial charge in [0.05, 0.1) is 22.3 Å². The standard InChI is InChI=1S/C27H33N3O4.C25H29N3O4/c1-7-28-27(33)25-24(17-9-10-18-15(5)30(8-2)16(6)20(18)11-17)26(34-29-25)21-12-19(14(3)4)22(31)13-23(21)32;1-5-26-25(31)23-22(16-9-8-15-7-6-10-28(4)19(15)11-16)24(32-27-23)18-12-17(14(2)3)20(29)13-21(18)30/h9-16,31-32H,7-8H2,1-6H3,(H,28,33);8-9,11-14,29-30H,5-7,10H2,1-4H3,(H,26,31). The average molecular weight is 899 g/mol. The van der Waals surface area contributed by atoms with Crippen molar-refractivity contribution in [2.75, 3.05) is 38.1 Å². The Bertz CT molecular complexity index is 2770. The lowest BCUT2D eigenvalue weighted by atomic mass is 9.92. The fourth-order valence-corrected chi connectivity index (χ4v) is 9.38. The van der Waals surface area contributed by atoms with E-state index in [-0.39, 0.29) is 64.1 Å². The quantitative estimate of drug-likeness (QED) is 0.0721. The maximum atomic E-state index is 12.9. The highest BCUT2D eigenvalue weighted by atomic mass is 16.5. The molecule has 2 aliphatic heterocycles. The van der Waals surface area contributed by atoms with E-state index in [4.69, 9.17) is 9.05 Å². The van der Waals surface area contributed by atoms with Gasteiger partial charge in [0.15, 0.2) is 22.9 Å². The first-order valence-corrected chi connectivity index (χ1v) is 22.9. The normalized spacial score (nSPS) is 15.7. The Labute approximate surface area is 386 Å². The van der Waals surface area contributed by atoms with Crippen LogP contribution in [0.2, 0.25) is 0 Å². The zero-order chi connectivity index (χ0) is 47.7. The van der Waals surface area contributed by atoms with Crippen LogP contribution < -0.4 is 15.5 Å². The fourth-order valence-electron chi connectivity index (χ4n) is 9.38. The van der Waals surface area contributed by atoms with Crippen molar-refractivity contribution in [3.8, 4) is 67.9 Å². The first-order chi connectivity index (χ1) is 31.5. The van der Waals surface area contributed by atoms with Gasteiger partial charge in [-0.1, -0.05) is 69.2 Å². The first kappa shape index (κ1) is 47.2. The number of aromatic hydroxyl groups is 4. The van der Waals surface area contributed by atoms with Crippen LogP contribution in [-0.4, -0.2) is 80.7 Å². The Kier molecular flexibility index (Phi) is 13.8. The third kappa shape index (κ3) is 8.81. The van der Waals surface area contributed by atoms with E-state index in [1.54, 1.807) is 12.1 Å². The molecule has 0 spiro atoms. The van der Waals surface area contributed by atoms with Gasteiger partial charge in [-0.25, -0.2) is 0 Å². The summed E-state index contributed by atoms with van der Waals surface area (Å²) in [6.45, 7) is 20.9. The van der Waals surface area contributed by atoms with Crippen molar-refractivity contribution >= 4 is 17.5 Å². The lowest BCUT2D eigenvalue weighted by molar-refractivity contribution is 0.0939. The molecule has 0 saturated carbocycles. The van der Waals surface area contributed by atoms with E-state index in [0.29, 0.717) is 64.0 Å². The molecule has 0 bridgehead atoms. The Morgan fingerprint density at radius 1 is 0.682 bits per heavy atom. The molecule has 0 fully saturated rings. The van der Waals surface area contributed by atoms with Crippen molar-refractivity contribution < 1.29 is 39.1 Å². The monoisotopic (exact) mass is 898 g/mol. The smallest absolute Gasteiger partial charge is 0.274 e. The molecule has 14 heteroatoms. The summed E-state index contributed by atoms with van der Waals surface area (Å²) in [5.41, 5.74) is 9.93. The molecule has 4 aromatic carbocycles. The summed E-state index contributed by atoms with van der Waals surface area (Å²) in [4.78, 5) is 30.3. The van der Waals surface area contributed by atoms with Crippen LogP contribution in [0.3, 0.4) is 0 Å². The van der Waals surface area contributed by atoms with E-state index >= 15 is 0 Å². The topological polar surface area (TPSA) is 198 Å². The van der Waals surface area contributed by atoms with Crippen molar-refractivity contribution in [1.82, 2.24) is 25.8 Å². The molecule has 14 nitrogen and oxygen atoms in total. The predicted octanol–water partition coefficient (Wildman–Crippen LogP) is 10.4. The number of nitrogens with one attached hydrogen (secondary N) is 2. The van der Waals surface area contributed by atoms with E-state index in [1.807, 2.05) is 59.7 Å². The van der Waals surface area contributed by atoms with Crippen molar-refractivity contribution in [2.45, 2.75) is 99.1 Å². The van der Waals surface area contributed by atoms with Crippen LogP contribution in [0, 0.1) is 0 Å². The molecule has 348 valence electrons. The second kappa shape index (κ2) is 19.4. The van der Waals surface area contributed by atoms with E-state index in [9.17, 15) is 30.0 Å². The van der Waals surface area contributed by atoms with Crippen molar-refractivity contribution in [2.24, 2.45) is 0 Å². The third-order valence-corrected chi connectivity index (χ3v) is 12.9. The number of nitrogens with zero attached hydrogens (tertiary/aromatic N) is 4. The second-order valence-corrected chi connectivity index (χ2v) is 17.7. The Morgan fingerprint density at radius 2 is 1.17 bits per heavy atom. The number of phenols is 4. The number of carbonyl (C=O) groups excluding carboxylic acids is 2. The molecular formula is C52H62N6O8. The minimum Gasteiger partial charge on any atom is -0.508 e. The van der Waals surface area contributed by atoms with Gasteiger partial charge in [-0.15, -0.1) is 0 Å². The summed E-state index contributed by atoms with van der Waals surface area (Å²) in [6, 6.07) is 18.9. The zero-order valence-corrected chi connectivity index (χ0v) is 39.5. The van der Waals surface area contributed by atoms with E-state index in [1.165, 1.54) is 28.8 Å². The summed E-state index contributed by atoms with van der Waals surface area (Å²) in [5.74, 6) is -0.280. The molecule has 8 rings (SSSR count). The maximum Gasteiger partial charge on any atom is 0.274 e. The van der Waals surface area contributed by atoms with Crippen molar-refractivity contribution in [1.29, 1.82) is 0 Å². The maximum absolute atomic E-state index is 12.9. The number of phenolic OH excluding ortho intramolecular Hbond substituents is 4. The number of hydrogen-bond acceptors (Lipinski definition) is 12. The van der Waals surface area contributed by atoms with Gasteiger partial charge in [-0.2, -0.15) is 0 Å². The predicted molar refractivity (Wildman–Crippen MR) is 256 cm³/mol. The van der Waals surface area contributed by atoms with Crippen molar-refractivity contribution in [3.05, 3.63) is 99.9 Å². The highest BCUT2D eigenvalue weighted by molar-refractivity contribution is 6.04. The van der Waals surface area contributed by atoms with Crippen LogP contribution >= 0.6 is 0 Å². The van der Waals surface area contributed by atoms with Crippen LogP contribution in [0.15, 0.2) is 69.7 Å². The number of aryl methyl sites for hydroxylation is 1. The number of aromatic nitrogens is 2. The van der Waals surface area contributed by atoms with Gasteiger partial charge in [0.25, 0.3) is 11.8 Å². The number of anilines is 1. The molecule has 0 radical (unpaired) electrons. The van der Waals surface area contributed by atoms with Gasteiger partial charge >= 0.3 is 0 Å². The van der Waals surface area contributed by atoms with Crippen LogP contribution in [0.4, 0.5) is 5.69 Å². The number of rotatable bonds is 11. The summed E-state index contributed by atoms with van der Waals surface area (Å²) >= 11 is 0. The molecule has 2 aromatic heterocycles. The van der Waals surface area contributed by atoms with E-state index in [2.05, 4.69) is 76.8 Å². The minimum atomic E-state index is -0.342. The molecule has 2 atom stereocenters. The number of amides is 2. The fraction of sp³-hybridized carbons (Fsp3) is 0.385. The van der Waals surface area contributed by atoms with Crippen molar-refractivity contribution in [3.63, 3.8) is 0 Å². The number of carbonyl (C=O) groups is 2. The molecular weight excluding hydrogens is 837 g/mol. The second-order valence-electron chi connectivity index (χ2n) is 17.7. The van der Waals surface area contributed by atoms with Gasteiger partial charge in [-0.3, -0.25) is 14.5 Å². The average Bonchev–Trinajstić information content (AvgIpc) is 3.98. The number of hydrogen-bond donors (Lipinski definition) is 6. The van der Waals surface area contributed by atoms with Gasteiger partial charge in [0.2, 0.25) is 0 Å².